The Kier molecular flexibility index (Phi) is 5.74. The van der Waals surface area contributed by atoms with E-state index in [1.165, 1.54) is 11.3 Å². The molecule has 0 bridgehead atoms. The van der Waals surface area contributed by atoms with Crippen LogP contribution in [-0.2, 0) is 23.0 Å². The maximum absolute atomic E-state index is 12.2. The highest BCUT2D eigenvalue weighted by Gasteiger charge is 2.16. The molecule has 110 valence electrons. The minimum Gasteiger partial charge on any atom is -0.317 e. The van der Waals surface area contributed by atoms with Crippen LogP contribution in [0, 0.1) is 0 Å². The summed E-state index contributed by atoms with van der Waals surface area (Å²) in [6, 6.07) is 7.41. The number of hydrogen-bond acceptors (Lipinski definition) is 5. The summed E-state index contributed by atoms with van der Waals surface area (Å²) in [5, 5.41) is 5.17. The summed E-state index contributed by atoms with van der Waals surface area (Å²) in [4.78, 5) is 2.10. The van der Waals surface area contributed by atoms with Gasteiger partial charge in [-0.1, -0.05) is 13.0 Å². The van der Waals surface area contributed by atoms with E-state index in [-0.39, 0.29) is 0 Å². The van der Waals surface area contributed by atoms with Gasteiger partial charge in [-0.15, -0.1) is 22.7 Å². The number of likely N-dealkylation sites (N-methyl/N-ethyl adjacent to an activating group) is 1. The Hall–Kier alpha value is -0.730. The molecule has 0 unspecified atom stereocenters. The van der Waals surface area contributed by atoms with Gasteiger partial charge in [-0.3, -0.25) is 0 Å². The maximum atomic E-state index is 12.2. The monoisotopic (exact) mass is 330 g/mol. The summed E-state index contributed by atoms with van der Waals surface area (Å²) in [7, 11) is -3.39. The second-order valence-corrected chi connectivity index (χ2v) is 8.42. The van der Waals surface area contributed by atoms with Crippen molar-refractivity contribution in [3.05, 3.63) is 39.4 Å². The molecule has 0 saturated heterocycles. The van der Waals surface area contributed by atoms with Crippen LogP contribution in [0.4, 0.5) is 0 Å². The van der Waals surface area contributed by atoms with Crippen molar-refractivity contribution >= 4 is 32.7 Å². The van der Waals surface area contributed by atoms with Crippen molar-refractivity contribution in [2.45, 2.75) is 24.1 Å². The molecule has 0 aromatic carbocycles. The minimum atomic E-state index is -3.39. The van der Waals surface area contributed by atoms with E-state index in [2.05, 4.69) is 17.0 Å². The zero-order valence-electron chi connectivity index (χ0n) is 11.3. The highest BCUT2D eigenvalue weighted by molar-refractivity contribution is 7.91. The fourth-order valence-electron chi connectivity index (χ4n) is 1.68. The molecule has 20 heavy (non-hydrogen) atoms. The molecule has 2 heterocycles. The zero-order valence-corrected chi connectivity index (χ0v) is 13.7. The molecule has 7 heteroatoms. The van der Waals surface area contributed by atoms with E-state index in [1.807, 2.05) is 23.6 Å². The van der Waals surface area contributed by atoms with Gasteiger partial charge < -0.3 is 5.32 Å². The van der Waals surface area contributed by atoms with E-state index in [4.69, 9.17) is 0 Å². The third-order valence-corrected chi connectivity index (χ3v) is 6.63. The van der Waals surface area contributed by atoms with Crippen LogP contribution in [0.25, 0.3) is 0 Å². The van der Waals surface area contributed by atoms with Crippen LogP contribution in [0.15, 0.2) is 33.9 Å². The molecule has 0 aliphatic heterocycles. The summed E-state index contributed by atoms with van der Waals surface area (Å²) in [5.74, 6) is 0. The topological polar surface area (TPSA) is 58.2 Å². The van der Waals surface area contributed by atoms with Gasteiger partial charge in [0.1, 0.15) is 4.21 Å². The average Bonchev–Trinajstić information content (AvgIpc) is 3.08. The lowest BCUT2D eigenvalue weighted by Crippen LogP contribution is -2.21. The van der Waals surface area contributed by atoms with Crippen LogP contribution in [-0.4, -0.2) is 21.5 Å². The first-order valence-electron chi connectivity index (χ1n) is 6.43. The fourth-order valence-corrected chi connectivity index (χ4v) is 4.82. The third kappa shape index (κ3) is 4.39. The van der Waals surface area contributed by atoms with Crippen molar-refractivity contribution in [1.29, 1.82) is 0 Å². The smallest absolute Gasteiger partial charge is 0.250 e. The van der Waals surface area contributed by atoms with E-state index in [0.29, 0.717) is 10.8 Å². The number of rotatable bonds is 8. The lowest BCUT2D eigenvalue weighted by molar-refractivity contribution is 0.584. The average molecular weight is 330 g/mol. The highest BCUT2D eigenvalue weighted by atomic mass is 32.2. The fraction of sp³-hybridized carbons (Fsp3) is 0.385. The maximum Gasteiger partial charge on any atom is 0.250 e. The quantitative estimate of drug-likeness (QED) is 0.731. The normalized spacial score (nSPS) is 11.8. The van der Waals surface area contributed by atoms with Crippen LogP contribution < -0.4 is 10.0 Å². The summed E-state index contributed by atoms with van der Waals surface area (Å²) in [6.07, 6.45) is 0.860. The predicted octanol–water partition coefficient (Wildman–Crippen LogP) is 2.44. The second-order valence-electron chi connectivity index (χ2n) is 4.23. The van der Waals surface area contributed by atoms with Gasteiger partial charge in [-0.05, 0) is 43.1 Å². The summed E-state index contributed by atoms with van der Waals surface area (Å²) in [5.41, 5.74) is 0. The first-order valence-corrected chi connectivity index (χ1v) is 9.61. The van der Waals surface area contributed by atoms with Gasteiger partial charge in [0.15, 0.2) is 0 Å². The van der Waals surface area contributed by atoms with Crippen LogP contribution in [0.3, 0.4) is 0 Å². The van der Waals surface area contributed by atoms with Gasteiger partial charge in [0, 0.05) is 16.3 Å². The lowest BCUT2D eigenvalue weighted by atomic mass is 10.3. The SMILES string of the molecule is CCNCCc1ccc(S(=O)(=O)NCc2cccs2)s1. The largest absolute Gasteiger partial charge is 0.317 e. The van der Waals surface area contributed by atoms with Crippen LogP contribution in [0.5, 0.6) is 0 Å². The molecule has 0 spiro atoms. The van der Waals surface area contributed by atoms with E-state index < -0.39 is 10.0 Å². The van der Waals surface area contributed by atoms with Gasteiger partial charge in [0.25, 0.3) is 0 Å². The Morgan fingerprint density at radius 1 is 1.20 bits per heavy atom. The first kappa shape index (κ1) is 15.7. The van der Waals surface area contributed by atoms with Gasteiger partial charge in [0.05, 0.1) is 0 Å². The Balaban J connectivity index is 1.95. The van der Waals surface area contributed by atoms with E-state index in [0.717, 1.165) is 29.3 Å². The molecule has 4 nitrogen and oxygen atoms in total. The molecule has 0 amide bonds. The summed E-state index contributed by atoms with van der Waals surface area (Å²) < 4.78 is 27.3. The first-order chi connectivity index (χ1) is 9.62. The number of nitrogens with one attached hydrogen (secondary N) is 2. The van der Waals surface area contributed by atoms with Crippen molar-refractivity contribution in [1.82, 2.24) is 10.0 Å². The number of hydrogen-bond donors (Lipinski definition) is 2. The van der Waals surface area contributed by atoms with Gasteiger partial charge in [-0.2, -0.15) is 0 Å². The van der Waals surface area contributed by atoms with Crippen molar-refractivity contribution in [3.63, 3.8) is 0 Å². The molecule has 0 aliphatic rings. The van der Waals surface area contributed by atoms with Crippen molar-refractivity contribution < 1.29 is 8.42 Å². The van der Waals surface area contributed by atoms with Gasteiger partial charge >= 0.3 is 0 Å². The van der Waals surface area contributed by atoms with Crippen LogP contribution in [0.1, 0.15) is 16.7 Å². The van der Waals surface area contributed by atoms with Gasteiger partial charge in [0.2, 0.25) is 10.0 Å². The summed E-state index contributed by atoms with van der Waals surface area (Å²) in [6.45, 7) is 4.21. The molecule has 0 radical (unpaired) electrons. The molecular weight excluding hydrogens is 312 g/mol. The zero-order chi connectivity index (χ0) is 14.4. The molecule has 2 aromatic rings. The van der Waals surface area contributed by atoms with E-state index >= 15 is 0 Å². The molecule has 2 rings (SSSR count). The lowest BCUT2D eigenvalue weighted by Gasteiger charge is -2.02. The van der Waals surface area contributed by atoms with Gasteiger partial charge in [-0.25, -0.2) is 13.1 Å². The number of thiophene rings is 2. The van der Waals surface area contributed by atoms with Crippen molar-refractivity contribution in [2.24, 2.45) is 0 Å². The third-order valence-electron chi connectivity index (χ3n) is 2.72. The molecule has 0 fully saturated rings. The minimum absolute atomic E-state index is 0.352. The summed E-state index contributed by atoms with van der Waals surface area (Å²) >= 11 is 2.89. The standard InChI is InChI=1S/C13H18N2O2S3/c1-2-14-8-7-11-5-6-13(19-11)20(16,17)15-10-12-4-3-9-18-12/h3-6,9,14-15H,2,7-8,10H2,1H3. The van der Waals surface area contributed by atoms with Crippen LogP contribution in [0.2, 0.25) is 0 Å². The molecule has 2 N–H and O–H groups in total. The number of sulfonamides is 1. The van der Waals surface area contributed by atoms with Crippen molar-refractivity contribution in [2.75, 3.05) is 13.1 Å². The molecule has 0 aliphatic carbocycles. The molecular formula is C13H18N2O2S3. The predicted molar refractivity (Wildman–Crippen MR) is 84.9 cm³/mol. The Labute approximate surface area is 127 Å². The van der Waals surface area contributed by atoms with E-state index in [1.54, 1.807) is 17.4 Å². The molecule has 2 aromatic heterocycles. The second kappa shape index (κ2) is 7.33. The van der Waals surface area contributed by atoms with Crippen LogP contribution >= 0.6 is 22.7 Å². The highest BCUT2D eigenvalue weighted by Crippen LogP contribution is 2.22. The molecule has 0 saturated carbocycles. The Morgan fingerprint density at radius 2 is 2.05 bits per heavy atom. The van der Waals surface area contributed by atoms with Crippen molar-refractivity contribution in [3.8, 4) is 0 Å². The Morgan fingerprint density at radius 3 is 2.75 bits per heavy atom. The van der Waals surface area contributed by atoms with E-state index in [9.17, 15) is 8.42 Å². The Bertz CT molecular complexity index is 618. The molecule has 0 atom stereocenters.